The molecule has 5 N–H and O–H groups in total. The lowest BCUT2D eigenvalue weighted by Crippen LogP contribution is -2.68. The number of nitrogens with one attached hydrogen (secondary N) is 3. The van der Waals surface area contributed by atoms with E-state index in [1.54, 1.807) is 26.2 Å². The number of ether oxygens (including phenoxy) is 2. The van der Waals surface area contributed by atoms with Crippen LogP contribution >= 0.6 is 11.3 Å². The van der Waals surface area contributed by atoms with Gasteiger partial charge in [-0.3, -0.25) is 24.9 Å². The summed E-state index contributed by atoms with van der Waals surface area (Å²) in [6, 6.07) is 35.5. The molecule has 1 aliphatic heterocycles. The molecule has 64 heavy (non-hydrogen) atoms. The second-order valence-electron chi connectivity index (χ2n) is 16.2. The molecular formula is C45H48N6O11S2. The van der Waals surface area contributed by atoms with Gasteiger partial charge in [-0.05, 0) is 75.6 Å². The van der Waals surface area contributed by atoms with Crippen molar-refractivity contribution in [2.75, 3.05) is 18.5 Å². The fourth-order valence-electron chi connectivity index (χ4n) is 6.95. The number of hydrogen-bond acceptors (Lipinski definition) is 15. The molecule has 0 bridgehead atoms. The Morgan fingerprint density at radius 3 is 1.95 bits per heavy atom. The van der Waals surface area contributed by atoms with Crippen molar-refractivity contribution in [3.05, 3.63) is 149 Å². The third-order valence-corrected chi connectivity index (χ3v) is 11.1. The van der Waals surface area contributed by atoms with E-state index < -0.39 is 69.9 Å². The Bertz CT molecular complexity index is 2490. The van der Waals surface area contributed by atoms with Gasteiger partial charge in [-0.2, -0.15) is 13.5 Å². The maximum absolute atomic E-state index is 14.2. The number of oxime groups is 1. The van der Waals surface area contributed by atoms with E-state index in [2.05, 4.69) is 20.1 Å². The van der Waals surface area contributed by atoms with Gasteiger partial charge >= 0.3 is 16.5 Å². The Balaban J connectivity index is 1.27. The monoisotopic (exact) mass is 912 g/mol. The van der Waals surface area contributed by atoms with Crippen LogP contribution in [-0.4, -0.2) is 87.9 Å². The summed E-state index contributed by atoms with van der Waals surface area (Å²) in [5.74, 6) is -2.54. The summed E-state index contributed by atoms with van der Waals surface area (Å²) >= 11 is 1.20. The molecule has 2 amide bonds. The van der Waals surface area contributed by atoms with Gasteiger partial charge in [0.2, 0.25) is 0 Å². The van der Waals surface area contributed by atoms with Gasteiger partial charge in [0.15, 0.2) is 29.3 Å². The number of carbonyl (C=O) groups excluding carboxylic acids is 3. The molecule has 17 nitrogen and oxygen atoms in total. The fourth-order valence-corrected chi connectivity index (χ4v) is 8.16. The number of aliphatic hydroxyl groups excluding tert-OH is 1. The number of carbonyl (C=O) groups is 3. The van der Waals surface area contributed by atoms with Crippen molar-refractivity contribution >= 4 is 56.2 Å². The van der Waals surface area contributed by atoms with Crippen LogP contribution in [0.15, 0.2) is 126 Å². The lowest BCUT2D eigenvalue weighted by molar-refractivity contribution is -0.228. The number of hydroxylamine groups is 2. The minimum Gasteiger partial charge on any atom is -0.484 e. The number of alkyl carbamates (subject to hydrolysis) is 1. The Hall–Kier alpha value is -6.51. The summed E-state index contributed by atoms with van der Waals surface area (Å²) in [4.78, 5) is 49.9. The average molecular weight is 913 g/mol. The maximum Gasteiger partial charge on any atom is 0.418 e. The molecule has 1 fully saturated rings. The molecule has 1 aliphatic rings. The van der Waals surface area contributed by atoms with Crippen LogP contribution in [0, 0.1) is 11.3 Å². The summed E-state index contributed by atoms with van der Waals surface area (Å²) in [5, 5.41) is 31.1. The zero-order valence-electron chi connectivity index (χ0n) is 35.5. The Kier molecular flexibility index (Phi) is 14.3. The number of anilines is 1. The number of benzene rings is 4. The quantitative estimate of drug-likeness (QED) is 0.0158. The predicted molar refractivity (Wildman–Crippen MR) is 238 cm³/mol. The van der Waals surface area contributed by atoms with Crippen LogP contribution in [0.1, 0.15) is 69.0 Å². The first kappa shape index (κ1) is 47.0. The van der Waals surface area contributed by atoms with Gasteiger partial charge in [0.1, 0.15) is 28.4 Å². The summed E-state index contributed by atoms with van der Waals surface area (Å²) < 4.78 is 47.7. The summed E-state index contributed by atoms with van der Waals surface area (Å²) in [6.45, 7) is 7.17. The number of amides is 2. The Labute approximate surface area is 374 Å². The van der Waals surface area contributed by atoms with Crippen LogP contribution in [0.25, 0.3) is 0 Å². The summed E-state index contributed by atoms with van der Waals surface area (Å²) in [5.41, 5.74) is -0.163. The number of ketones is 1. The van der Waals surface area contributed by atoms with Crippen LogP contribution in [0.5, 0.6) is 5.75 Å². The SMILES string of the molecule is CC(C)(C)OC(=O)NC(=N)c1ccc(OC(CO)CO/N=C(\C(=O)C[C@@H]2C(=O)N(OS(=O)(=O)O)C2(C)C)c2csc(NC(c3ccccc3)(c3ccccc3)c3ccccc3)n2)cc1. The van der Waals surface area contributed by atoms with Crippen LogP contribution < -0.4 is 15.4 Å². The maximum atomic E-state index is 14.2. The molecule has 0 spiro atoms. The number of thiazole rings is 1. The Morgan fingerprint density at radius 2 is 1.47 bits per heavy atom. The van der Waals surface area contributed by atoms with Gasteiger partial charge in [-0.25, -0.2) is 9.78 Å². The van der Waals surface area contributed by atoms with Gasteiger partial charge in [-0.15, -0.1) is 15.6 Å². The normalized spacial score (nSPS) is 15.7. The Morgan fingerprint density at radius 1 is 0.922 bits per heavy atom. The first-order valence-corrected chi connectivity index (χ1v) is 22.2. The molecule has 336 valence electrons. The minimum absolute atomic E-state index is 0.0932. The van der Waals surface area contributed by atoms with Crippen LogP contribution in [-0.2, 0) is 39.4 Å². The molecule has 6 rings (SSSR count). The molecule has 0 radical (unpaired) electrons. The summed E-state index contributed by atoms with van der Waals surface area (Å²) in [7, 11) is -5.03. The second-order valence-corrected chi connectivity index (χ2v) is 18.0. The number of rotatable bonds is 18. The highest BCUT2D eigenvalue weighted by atomic mass is 32.3. The van der Waals surface area contributed by atoms with Crippen molar-refractivity contribution < 1.29 is 51.1 Å². The number of amidine groups is 1. The van der Waals surface area contributed by atoms with Gasteiger partial charge < -0.3 is 24.7 Å². The van der Waals surface area contributed by atoms with Gasteiger partial charge in [0.25, 0.3) is 5.91 Å². The zero-order valence-corrected chi connectivity index (χ0v) is 37.2. The third kappa shape index (κ3) is 11.2. The molecular weight excluding hydrogens is 865 g/mol. The van der Waals surface area contributed by atoms with Crippen LogP contribution in [0.4, 0.5) is 9.93 Å². The van der Waals surface area contributed by atoms with E-state index >= 15 is 0 Å². The largest absolute Gasteiger partial charge is 0.484 e. The highest BCUT2D eigenvalue weighted by molar-refractivity contribution is 7.80. The van der Waals surface area contributed by atoms with Crippen molar-refractivity contribution in [3.8, 4) is 5.75 Å². The number of nitrogens with zero attached hydrogens (tertiary/aromatic N) is 3. The number of Topliss-reactive ketones (excluding diaryl/α,β-unsaturated/α-hetero) is 1. The van der Waals surface area contributed by atoms with E-state index in [1.165, 1.54) is 49.4 Å². The molecule has 2 heterocycles. The molecule has 1 saturated heterocycles. The van der Waals surface area contributed by atoms with E-state index in [1.807, 2.05) is 91.0 Å². The smallest absolute Gasteiger partial charge is 0.418 e. The van der Waals surface area contributed by atoms with E-state index in [0.717, 1.165) is 16.7 Å². The number of β-lactam (4-membered cyclic amide) rings is 1. The lowest BCUT2D eigenvalue weighted by atomic mass is 9.74. The minimum atomic E-state index is -5.03. The van der Waals surface area contributed by atoms with Crippen LogP contribution in [0.2, 0.25) is 0 Å². The van der Waals surface area contributed by atoms with E-state index in [0.29, 0.717) is 15.8 Å². The topological polar surface area (TPSA) is 239 Å². The molecule has 1 aromatic heterocycles. The van der Waals surface area contributed by atoms with Crippen molar-refractivity contribution in [3.63, 3.8) is 0 Å². The molecule has 1 unspecified atom stereocenters. The predicted octanol–water partition coefficient (Wildman–Crippen LogP) is 6.49. The third-order valence-electron chi connectivity index (χ3n) is 10.1. The average Bonchev–Trinajstić information content (AvgIpc) is 3.72. The van der Waals surface area contributed by atoms with E-state index in [4.69, 9.17) is 24.7 Å². The number of aliphatic hydroxyl groups is 1. The van der Waals surface area contributed by atoms with Gasteiger partial charge in [0, 0.05) is 17.4 Å². The molecule has 5 aromatic rings. The molecule has 2 atom stereocenters. The molecule has 0 aliphatic carbocycles. The highest BCUT2D eigenvalue weighted by Crippen LogP contribution is 2.42. The van der Waals surface area contributed by atoms with Crippen LogP contribution in [0.3, 0.4) is 0 Å². The first-order valence-electron chi connectivity index (χ1n) is 19.9. The van der Waals surface area contributed by atoms with Gasteiger partial charge in [-0.1, -0.05) is 96.2 Å². The van der Waals surface area contributed by atoms with E-state index in [-0.39, 0.29) is 29.6 Å². The van der Waals surface area contributed by atoms with Crippen molar-refractivity contribution in [2.45, 2.75) is 63.8 Å². The van der Waals surface area contributed by atoms with Gasteiger partial charge in [0.05, 0.1) is 18.1 Å². The number of aromatic nitrogens is 1. The highest BCUT2D eigenvalue weighted by Gasteiger charge is 2.57. The fraction of sp³-hybridized carbons (Fsp3) is 0.289. The lowest BCUT2D eigenvalue weighted by Gasteiger charge is -2.50. The standard InChI is InChI=1S/C45H48N6O11S2/c1-43(2,3)61-42(55)48-39(46)29-21-23-33(24-22-29)60-34(26-52)27-59-50-38(37(53)25-35-40(54)51(44(35,4)5)62-64(56,57)58)36-28-63-41(47-36)49-45(30-15-9-6-10-16-30,31-17-11-7-12-18-31)32-19-13-8-14-20-32/h6-24,28,34-35,52H,25-27H2,1-5H3,(H,47,49)(H2,46,48,55)(H,56,57,58)/b50-38-/t34?,35-/m1/s1. The van der Waals surface area contributed by atoms with E-state index in [9.17, 15) is 32.5 Å². The second kappa shape index (κ2) is 19.5. The molecule has 19 heteroatoms. The molecule has 0 saturated carbocycles. The van der Waals surface area contributed by atoms with Crippen molar-refractivity contribution in [1.82, 2.24) is 15.4 Å². The molecule has 4 aromatic carbocycles. The summed E-state index contributed by atoms with van der Waals surface area (Å²) in [6.07, 6.45) is -2.25. The first-order chi connectivity index (χ1) is 30.3. The van der Waals surface area contributed by atoms with Crippen molar-refractivity contribution in [2.24, 2.45) is 11.1 Å². The van der Waals surface area contributed by atoms with Crippen molar-refractivity contribution in [1.29, 1.82) is 5.41 Å². The number of hydrogen-bond donors (Lipinski definition) is 5. The zero-order chi connectivity index (χ0) is 46.3.